The lowest BCUT2D eigenvalue weighted by molar-refractivity contribution is -0.127. The van der Waals surface area contributed by atoms with E-state index in [-0.39, 0.29) is 36.7 Å². The first-order valence-electron chi connectivity index (χ1n) is 4.89. The molecule has 0 fully saturated rings. The molecule has 0 heterocycles. The van der Waals surface area contributed by atoms with Gasteiger partial charge in [-0.05, 0) is 13.8 Å². The summed E-state index contributed by atoms with van der Waals surface area (Å²) in [5.41, 5.74) is 0. The first-order valence-corrected chi connectivity index (χ1v) is 5.52. The first-order chi connectivity index (χ1) is 7.45. The molecule has 0 aromatic heterocycles. The zero-order valence-corrected chi connectivity index (χ0v) is 10.3. The van der Waals surface area contributed by atoms with Crippen LogP contribution in [0.1, 0.15) is 13.8 Å². The highest BCUT2D eigenvalue weighted by atomic mass is 32.1. The Morgan fingerprint density at radius 1 is 1.00 bits per heavy atom. The number of carbonyl (C=O) groups is 3. The predicted octanol–water partition coefficient (Wildman–Crippen LogP) is -1.33. The summed E-state index contributed by atoms with van der Waals surface area (Å²) < 4.78 is 0. The van der Waals surface area contributed by atoms with Crippen LogP contribution >= 0.6 is 12.6 Å². The number of carbonyl (C=O) groups excluding carboxylic acids is 3. The number of thiol groups is 1. The topological polar surface area (TPSA) is 87.3 Å². The lowest BCUT2D eigenvalue weighted by Gasteiger charge is -2.09. The van der Waals surface area contributed by atoms with Crippen molar-refractivity contribution in [3.63, 3.8) is 0 Å². The molecule has 0 atom stereocenters. The average molecular weight is 247 g/mol. The van der Waals surface area contributed by atoms with E-state index in [9.17, 15) is 14.4 Å². The van der Waals surface area contributed by atoms with Crippen LogP contribution in [0.5, 0.6) is 0 Å². The fraction of sp³-hybridized carbons (Fsp3) is 0.667. The van der Waals surface area contributed by atoms with Crippen LogP contribution in [0.25, 0.3) is 0 Å². The fourth-order valence-corrected chi connectivity index (χ4v) is 0.961. The van der Waals surface area contributed by atoms with Gasteiger partial charge < -0.3 is 16.0 Å². The molecule has 92 valence electrons. The molecule has 6 nitrogen and oxygen atoms in total. The third kappa shape index (κ3) is 8.10. The highest BCUT2D eigenvalue weighted by Gasteiger charge is 2.07. The summed E-state index contributed by atoms with van der Waals surface area (Å²) in [5, 5.41) is 7.34. The first kappa shape index (κ1) is 14.8. The molecule has 0 saturated carbocycles. The number of hydrogen-bond donors (Lipinski definition) is 4. The van der Waals surface area contributed by atoms with Crippen molar-refractivity contribution in [1.82, 2.24) is 16.0 Å². The van der Waals surface area contributed by atoms with Gasteiger partial charge in [-0.2, -0.15) is 12.6 Å². The highest BCUT2D eigenvalue weighted by Crippen LogP contribution is 1.76. The van der Waals surface area contributed by atoms with E-state index < -0.39 is 5.91 Å². The van der Waals surface area contributed by atoms with Crippen molar-refractivity contribution in [2.45, 2.75) is 19.9 Å². The Bertz CT molecular complexity index is 269. The summed E-state index contributed by atoms with van der Waals surface area (Å²) >= 11 is 3.73. The van der Waals surface area contributed by atoms with E-state index in [2.05, 4.69) is 28.6 Å². The summed E-state index contributed by atoms with van der Waals surface area (Å²) in [5.74, 6) is -0.968. The van der Waals surface area contributed by atoms with Crippen molar-refractivity contribution < 1.29 is 14.4 Å². The SMILES string of the molecule is CC(C)NC(=O)CNC(=O)CNC(=O)CS. The summed E-state index contributed by atoms with van der Waals surface area (Å²) in [4.78, 5) is 33.0. The molecule has 0 aliphatic rings. The Hall–Kier alpha value is -1.24. The quantitative estimate of drug-likeness (QED) is 0.439. The second kappa shape index (κ2) is 7.98. The molecule has 16 heavy (non-hydrogen) atoms. The van der Waals surface area contributed by atoms with Crippen LogP contribution in [0.3, 0.4) is 0 Å². The van der Waals surface area contributed by atoms with Crippen molar-refractivity contribution in [2.75, 3.05) is 18.8 Å². The van der Waals surface area contributed by atoms with Gasteiger partial charge >= 0.3 is 0 Å². The van der Waals surface area contributed by atoms with E-state index in [4.69, 9.17) is 0 Å². The standard InChI is InChI=1S/C9H17N3O3S/c1-6(2)12-8(14)4-10-7(13)3-11-9(15)5-16/h6,16H,3-5H2,1-2H3,(H,10,13)(H,11,15)(H,12,14). The van der Waals surface area contributed by atoms with E-state index in [0.29, 0.717) is 0 Å². The van der Waals surface area contributed by atoms with Gasteiger partial charge in [-0.1, -0.05) is 0 Å². The Labute approximate surface area is 99.9 Å². The Morgan fingerprint density at radius 2 is 1.50 bits per heavy atom. The van der Waals surface area contributed by atoms with Crippen LogP contribution < -0.4 is 16.0 Å². The monoisotopic (exact) mass is 247 g/mol. The van der Waals surface area contributed by atoms with E-state index in [1.54, 1.807) is 0 Å². The zero-order valence-electron chi connectivity index (χ0n) is 9.37. The molecule has 7 heteroatoms. The second-order valence-corrected chi connectivity index (χ2v) is 3.75. The van der Waals surface area contributed by atoms with Crippen molar-refractivity contribution in [3.05, 3.63) is 0 Å². The molecular weight excluding hydrogens is 230 g/mol. The molecule has 0 bridgehead atoms. The van der Waals surface area contributed by atoms with Gasteiger partial charge in [0.1, 0.15) is 0 Å². The third-order valence-corrected chi connectivity index (χ3v) is 1.77. The molecule has 0 aliphatic carbocycles. The Kier molecular flexibility index (Phi) is 7.36. The van der Waals surface area contributed by atoms with Gasteiger partial charge in [0.25, 0.3) is 0 Å². The van der Waals surface area contributed by atoms with Crippen LogP contribution in [0.4, 0.5) is 0 Å². The summed E-state index contributed by atoms with van der Waals surface area (Å²) in [7, 11) is 0. The highest BCUT2D eigenvalue weighted by molar-refractivity contribution is 7.81. The maximum atomic E-state index is 11.1. The molecule has 0 unspecified atom stereocenters. The average Bonchev–Trinajstić information content (AvgIpc) is 2.22. The van der Waals surface area contributed by atoms with Crippen molar-refractivity contribution in [2.24, 2.45) is 0 Å². The molecular formula is C9H17N3O3S. The molecule has 0 radical (unpaired) electrons. The maximum Gasteiger partial charge on any atom is 0.239 e. The van der Waals surface area contributed by atoms with Gasteiger partial charge in [-0.25, -0.2) is 0 Å². The number of hydrogen-bond acceptors (Lipinski definition) is 4. The summed E-state index contributed by atoms with van der Waals surface area (Å²) in [6.07, 6.45) is 0. The third-order valence-electron chi connectivity index (χ3n) is 1.49. The van der Waals surface area contributed by atoms with E-state index in [1.165, 1.54) is 0 Å². The molecule has 3 N–H and O–H groups in total. The minimum Gasteiger partial charge on any atom is -0.352 e. The minimum absolute atomic E-state index is 0.0289. The summed E-state index contributed by atoms with van der Waals surface area (Å²) in [6, 6.07) is 0.0355. The molecule has 0 aromatic rings. The van der Waals surface area contributed by atoms with Crippen molar-refractivity contribution >= 4 is 30.4 Å². The fourth-order valence-electron chi connectivity index (χ4n) is 0.849. The number of rotatable bonds is 6. The molecule has 0 saturated heterocycles. The lowest BCUT2D eigenvalue weighted by Crippen LogP contribution is -2.43. The minimum atomic E-state index is -0.408. The van der Waals surface area contributed by atoms with Crippen molar-refractivity contribution in [3.8, 4) is 0 Å². The molecule has 0 aliphatic heterocycles. The van der Waals surface area contributed by atoms with Crippen molar-refractivity contribution in [1.29, 1.82) is 0 Å². The predicted molar refractivity (Wildman–Crippen MR) is 63.2 cm³/mol. The Morgan fingerprint density at radius 3 is 2.00 bits per heavy atom. The number of nitrogens with one attached hydrogen (secondary N) is 3. The van der Waals surface area contributed by atoms with Crippen LogP contribution in [0, 0.1) is 0 Å². The normalized spacial score (nSPS) is 9.75. The van der Waals surface area contributed by atoms with Gasteiger partial charge in [0.15, 0.2) is 0 Å². The van der Waals surface area contributed by atoms with E-state index >= 15 is 0 Å². The maximum absolute atomic E-state index is 11.1. The lowest BCUT2D eigenvalue weighted by atomic mass is 10.4. The smallest absolute Gasteiger partial charge is 0.239 e. The Balaban J connectivity index is 3.65. The molecule has 3 amide bonds. The van der Waals surface area contributed by atoms with Crippen LogP contribution in [0.15, 0.2) is 0 Å². The van der Waals surface area contributed by atoms with Gasteiger partial charge in [0, 0.05) is 6.04 Å². The number of amides is 3. The van der Waals surface area contributed by atoms with Crippen LogP contribution in [0.2, 0.25) is 0 Å². The zero-order chi connectivity index (χ0) is 12.6. The van der Waals surface area contributed by atoms with E-state index in [1.807, 2.05) is 13.8 Å². The molecule has 0 aromatic carbocycles. The summed E-state index contributed by atoms with van der Waals surface area (Å²) in [6.45, 7) is 3.42. The van der Waals surface area contributed by atoms with Gasteiger partial charge in [-0.15, -0.1) is 0 Å². The van der Waals surface area contributed by atoms with Gasteiger partial charge in [-0.3, -0.25) is 14.4 Å². The second-order valence-electron chi connectivity index (χ2n) is 3.43. The molecule has 0 rings (SSSR count). The van der Waals surface area contributed by atoms with Gasteiger partial charge in [0.2, 0.25) is 17.7 Å². The largest absolute Gasteiger partial charge is 0.352 e. The van der Waals surface area contributed by atoms with Gasteiger partial charge in [0.05, 0.1) is 18.8 Å². The van der Waals surface area contributed by atoms with Crippen LogP contribution in [-0.4, -0.2) is 42.6 Å². The molecule has 0 spiro atoms. The van der Waals surface area contributed by atoms with E-state index in [0.717, 1.165) is 0 Å². The van der Waals surface area contributed by atoms with Crippen LogP contribution in [-0.2, 0) is 14.4 Å².